The number of nitrogens with zero attached hydrogens (tertiary/aromatic N) is 2. The minimum Gasteiger partial charge on any atom is -0.508 e. The van der Waals surface area contributed by atoms with Crippen LogP contribution in [0.3, 0.4) is 0 Å². The summed E-state index contributed by atoms with van der Waals surface area (Å²) in [5.74, 6) is -0.145. The first-order chi connectivity index (χ1) is 9.22. The molecule has 98 valence electrons. The number of phenolic OH excluding ortho intramolecular Hbond substituents is 1. The molecule has 2 rings (SSSR count). The van der Waals surface area contributed by atoms with Crippen molar-refractivity contribution in [2.75, 3.05) is 6.26 Å². The molecule has 0 aliphatic carbocycles. The Morgan fingerprint density at radius 3 is 2.95 bits per heavy atom. The maximum absolute atomic E-state index is 11.2. The number of rotatable bonds is 5. The van der Waals surface area contributed by atoms with Crippen molar-refractivity contribution in [1.29, 1.82) is 0 Å². The lowest BCUT2D eigenvalue weighted by molar-refractivity contribution is -0.109. The predicted octanol–water partition coefficient (Wildman–Crippen LogP) is 2.43. The van der Waals surface area contributed by atoms with Gasteiger partial charge in [-0.05, 0) is 30.0 Å². The summed E-state index contributed by atoms with van der Waals surface area (Å²) in [5.41, 5.74) is 1.61. The summed E-state index contributed by atoms with van der Waals surface area (Å²) in [7, 11) is 0. The highest BCUT2D eigenvalue weighted by molar-refractivity contribution is 7.98. The molecule has 1 aromatic heterocycles. The van der Waals surface area contributed by atoms with Crippen molar-refractivity contribution in [3.63, 3.8) is 0 Å². The van der Waals surface area contributed by atoms with Crippen LogP contribution in [0.2, 0.25) is 0 Å². The van der Waals surface area contributed by atoms with Gasteiger partial charge in [-0.2, -0.15) is 0 Å². The second-order valence-electron chi connectivity index (χ2n) is 4.08. The summed E-state index contributed by atoms with van der Waals surface area (Å²) in [6.45, 7) is 0. The number of hydrogen-bond acceptors (Lipinski definition) is 5. The summed E-state index contributed by atoms with van der Waals surface area (Å²) < 4.78 is 0. The van der Waals surface area contributed by atoms with Crippen LogP contribution in [0.4, 0.5) is 0 Å². The van der Waals surface area contributed by atoms with Crippen LogP contribution in [-0.2, 0) is 11.2 Å². The third kappa shape index (κ3) is 3.54. The number of thioether (sulfide) groups is 1. The third-order valence-electron chi connectivity index (χ3n) is 2.77. The van der Waals surface area contributed by atoms with Crippen LogP contribution in [0.1, 0.15) is 17.2 Å². The molecule has 19 heavy (non-hydrogen) atoms. The van der Waals surface area contributed by atoms with Crippen LogP contribution in [0.25, 0.3) is 0 Å². The third-order valence-corrected chi connectivity index (χ3v) is 3.33. The van der Waals surface area contributed by atoms with Gasteiger partial charge in [0.05, 0.1) is 0 Å². The molecule has 0 amide bonds. The van der Waals surface area contributed by atoms with E-state index in [2.05, 4.69) is 9.97 Å². The highest BCUT2D eigenvalue weighted by Gasteiger charge is 2.13. The number of phenols is 1. The predicted molar refractivity (Wildman–Crippen MR) is 74.4 cm³/mol. The number of hydrogen-bond donors (Lipinski definition) is 1. The van der Waals surface area contributed by atoms with Crippen molar-refractivity contribution in [2.45, 2.75) is 17.5 Å². The monoisotopic (exact) mass is 274 g/mol. The summed E-state index contributed by atoms with van der Waals surface area (Å²) in [6.07, 6.45) is 4.99. The first-order valence-electron chi connectivity index (χ1n) is 5.83. The SMILES string of the molecule is CSc1nccc(CC(C=O)c2cccc(O)c2)n1. The molecule has 0 radical (unpaired) electrons. The Morgan fingerprint density at radius 2 is 2.26 bits per heavy atom. The highest BCUT2D eigenvalue weighted by Crippen LogP contribution is 2.22. The Balaban J connectivity index is 2.21. The first-order valence-corrected chi connectivity index (χ1v) is 7.05. The number of benzene rings is 1. The molecule has 1 aromatic carbocycles. The summed E-state index contributed by atoms with van der Waals surface area (Å²) in [4.78, 5) is 19.7. The summed E-state index contributed by atoms with van der Waals surface area (Å²) in [5, 5.41) is 10.2. The van der Waals surface area contributed by atoms with Crippen LogP contribution < -0.4 is 0 Å². The molecule has 0 spiro atoms. The van der Waals surface area contributed by atoms with Crippen molar-refractivity contribution in [3.05, 3.63) is 47.8 Å². The number of aromatic nitrogens is 2. The molecule has 1 N–H and O–H groups in total. The van der Waals surface area contributed by atoms with Crippen molar-refractivity contribution in [1.82, 2.24) is 9.97 Å². The van der Waals surface area contributed by atoms with E-state index in [0.717, 1.165) is 17.5 Å². The Hall–Kier alpha value is -1.88. The fourth-order valence-corrected chi connectivity index (χ4v) is 2.19. The molecular formula is C14H14N2O2S. The smallest absolute Gasteiger partial charge is 0.187 e. The molecule has 0 bridgehead atoms. The minimum absolute atomic E-state index is 0.164. The van der Waals surface area contributed by atoms with Gasteiger partial charge in [-0.3, -0.25) is 0 Å². The van der Waals surface area contributed by atoms with E-state index in [4.69, 9.17) is 0 Å². The molecule has 1 atom stereocenters. The fourth-order valence-electron chi connectivity index (χ4n) is 1.81. The zero-order chi connectivity index (χ0) is 13.7. The van der Waals surface area contributed by atoms with Crippen molar-refractivity contribution in [3.8, 4) is 5.75 Å². The number of carbonyl (C=O) groups excluding carboxylic acids is 1. The summed E-state index contributed by atoms with van der Waals surface area (Å²) in [6, 6.07) is 8.56. The standard InChI is InChI=1S/C14H14N2O2S/c1-19-14-15-6-5-12(16-14)7-11(9-17)10-3-2-4-13(18)8-10/h2-6,8-9,11,18H,7H2,1H3. The van der Waals surface area contributed by atoms with Gasteiger partial charge in [0.15, 0.2) is 5.16 Å². The van der Waals surface area contributed by atoms with Gasteiger partial charge in [0.1, 0.15) is 12.0 Å². The number of aromatic hydroxyl groups is 1. The lowest BCUT2D eigenvalue weighted by Crippen LogP contribution is -2.06. The van der Waals surface area contributed by atoms with Crippen LogP contribution in [-0.4, -0.2) is 27.6 Å². The van der Waals surface area contributed by atoms with Gasteiger partial charge in [0.25, 0.3) is 0 Å². The zero-order valence-electron chi connectivity index (χ0n) is 10.5. The molecule has 2 aromatic rings. The highest BCUT2D eigenvalue weighted by atomic mass is 32.2. The quantitative estimate of drug-likeness (QED) is 0.515. The Kier molecular flexibility index (Phi) is 4.52. The average molecular weight is 274 g/mol. The maximum Gasteiger partial charge on any atom is 0.187 e. The Bertz CT molecular complexity index is 575. The van der Waals surface area contributed by atoms with Gasteiger partial charge in [-0.15, -0.1) is 0 Å². The molecule has 0 fully saturated rings. The van der Waals surface area contributed by atoms with Gasteiger partial charge in [0, 0.05) is 24.2 Å². The molecule has 0 saturated heterocycles. The lowest BCUT2D eigenvalue weighted by atomic mass is 9.95. The van der Waals surface area contributed by atoms with E-state index in [9.17, 15) is 9.90 Å². The van der Waals surface area contributed by atoms with E-state index in [1.54, 1.807) is 30.5 Å². The van der Waals surface area contributed by atoms with Crippen LogP contribution in [0.5, 0.6) is 5.75 Å². The average Bonchev–Trinajstić information content (AvgIpc) is 2.45. The normalized spacial score (nSPS) is 12.1. The van der Waals surface area contributed by atoms with Crippen molar-refractivity contribution in [2.24, 2.45) is 0 Å². The number of aldehydes is 1. The topological polar surface area (TPSA) is 63.1 Å². The second-order valence-corrected chi connectivity index (χ2v) is 4.85. The lowest BCUT2D eigenvalue weighted by Gasteiger charge is -2.10. The summed E-state index contributed by atoms with van der Waals surface area (Å²) >= 11 is 1.47. The van der Waals surface area contributed by atoms with Crippen LogP contribution in [0, 0.1) is 0 Å². The van der Waals surface area contributed by atoms with Gasteiger partial charge in [0.2, 0.25) is 0 Å². The van der Waals surface area contributed by atoms with E-state index in [1.807, 2.05) is 12.3 Å². The van der Waals surface area contributed by atoms with Gasteiger partial charge in [-0.1, -0.05) is 23.9 Å². The first kappa shape index (κ1) is 13.5. The Morgan fingerprint density at radius 1 is 1.42 bits per heavy atom. The van der Waals surface area contributed by atoms with Crippen molar-refractivity contribution < 1.29 is 9.90 Å². The van der Waals surface area contributed by atoms with E-state index in [-0.39, 0.29) is 11.7 Å². The minimum atomic E-state index is -0.309. The van der Waals surface area contributed by atoms with E-state index < -0.39 is 0 Å². The fraction of sp³-hybridized carbons (Fsp3) is 0.214. The molecule has 0 aliphatic rings. The van der Waals surface area contributed by atoms with E-state index in [0.29, 0.717) is 11.6 Å². The van der Waals surface area contributed by atoms with E-state index >= 15 is 0 Å². The van der Waals surface area contributed by atoms with Gasteiger partial charge in [-0.25, -0.2) is 9.97 Å². The van der Waals surface area contributed by atoms with Gasteiger partial charge >= 0.3 is 0 Å². The molecular weight excluding hydrogens is 260 g/mol. The molecule has 5 heteroatoms. The van der Waals surface area contributed by atoms with E-state index in [1.165, 1.54) is 11.8 Å². The zero-order valence-corrected chi connectivity index (χ0v) is 11.3. The second kappa shape index (κ2) is 6.33. The molecule has 4 nitrogen and oxygen atoms in total. The van der Waals surface area contributed by atoms with Crippen LogP contribution in [0.15, 0.2) is 41.7 Å². The van der Waals surface area contributed by atoms with Gasteiger partial charge < -0.3 is 9.90 Å². The molecule has 1 unspecified atom stereocenters. The molecule has 1 heterocycles. The largest absolute Gasteiger partial charge is 0.508 e. The number of carbonyl (C=O) groups is 1. The molecule has 0 saturated carbocycles. The maximum atomic E-state index is 11.2. The van der Waals surface area contributed by atoms with Crippen molar-refractivity contribution >= 4 is 18.0 Å². The van der Waals surface area contributed by atoms with Crippen LogP contribution >= 0.6 is 11.8 Å². The Labute approximate surface area is 115 Å². The molecule has 0 aliphatic heterocycles.